The van der Waals surface area contributed by atoms with Crippen molar-refractivity contribution in [2.24, 2.45) is 11.8 Å². The summed E-state index contributed by atoms with van der Waals surface area (Å²) in [4.78, 5) is 0. The first kappa shape index (κ1) is 12.6. The molecule has 2 aliphatic carbocycles. The molecule has 0 bridgehead atoms. The molecule has 2 atom stereocenters. The quantitative estimate of drug-likeness (QED) is 0.638. The summed E-state index contributed by atoms with van der Waals surface area (Å²) in [5, 5.41) is 0. The van der Waals surface area contributed by atoms with Crippen molar-refractivity contribution in [3.63, 3.8) is 0 Å². The second-order valence-corrected chi connectivity index (χ2v) is 4.87. The third-order valence-electron chi connectivity index (χ3n) is 3.01. The van der Waals surface area contributed by atoms with E-state index in [0.717, 1.165) is 0 Å². The van der Waals surface area contributed by atoms with Gasteiger partial charge in [-0.2, -0.15) is 0 Å². The molecule has 0 nitrogen and oxygen atoms in total. The van der Waals surface area contributed by atoms with Crippen molar-refractivity contribution in [2.75, 3.05) is 0 Å². The van der Waals surface area contributed by atoms with Crippen LogP contribution in [0.25, 0.3) is 0 Å². The van der Waals surface area contributed by atoms with Crippen molar-refractivity contribution in [3.05, 3.63) is 84.1 Å². The van der Waals surface area contributed by atoms with E-state index >= 15 is 0 Å². The zero-order valence-corrected chi connectivity index (χ0v) is 11.1. The average molecular weight is 236 g/mol. The Kier molecular flexibility index (Phi) is 4.35. The smallest absolute Gasteiger partial charge is 0.00698 e. The van der Waals surface area contributed by atoms with E-state index in [2.05, 4.69) is 86.8 Å². The Morgan fingerprint density at radius 3 is 1.61 bits per heavy atom. The Morgan fingerprint density at radius 1 is 0.722 bits per heavy atom. The Bertz CT molecular complexity index is 444. The van der Waals surface area contributed by atoms with Gasteiger partial charge < -0.3 is 0 Å². The van der Waals surface area contributed by atoms with Crippen molar-refractivity contribution >= 4 is 0 Å². The fourth-order valence-corrected chi connectivity index (χ4v) is 2.06. The van der Waals surface area contributed by atoms with Gasteiger partial charge in [0.25, 0.3) is 0 Å². The highest BCUT2D eigenvalue weighted by molar-refractivity contribution is 5.43. The standard InChI is InChI=1S/C18H20/c1-15-7-3-5-9-17(13-15)11-12-18-10-6-4-8-16(2)14-18/h3-16H,1-2H3/b12-11+. The lowest BCUT2D eigenvalue weighted by atomic mass is 10.1. The minimum Gasteiger partial charge on any atom is -0.0779 e. The highest BCUT2D eigenvalue weighted by Crippen LogP contribution is 2.15. The summed E-state index contributed by atoms with van der Waals surface area (Å²) >= 11 is 0. The molecule has 92 valence electrons. The molecule has 0 saturated heterocycles. The first-order chi connectivity index (χ1) is 8.74. The third kappa shape index (κ3) is 3.89. The maximum absolute atomic E-state index is 2.28. The van der Waals surface area contributed by atoms with Crippen LogP contribution >= 0.6 is 0 Å². The largest absolute Gasteiger partial charge is 0.0779 e. The Balaban J connectivity index is 2.12. The highest BCUT2D eigenvalue weighted by atomic mass is 14.0. The van der Waals surface area contributed by atoms with Crippen molar-refractivity contribution < 1.29 is 0 Å². The van der Waals surface area contributed by atoms with E-state index < -0.39 is 0 Å². The molecular weight excluding hydrogens is 216 g/mol. The van der Waals surface area contributed by atoms with Gasteiger partial charge in [0.2, 0.25) is 0 Å². The second-order valence-electron chi connectivity index (χ2n) is 4.87. The predicted molar refractivity (Wildman–Crippen MR) is 80.2 cm³/mol. The van der Waals surface area contributed by atoms with Gasteiger partial charge in [0.05, 0.1) is 0 Å². The van der Waals surface area contributed by atoms with Gasteiger partial charge in [0, 0.05) is 0 Å². The SMILES string of the molecule is CC1C=CC=CC(/C=C/C2=CC(C)C=CC=C2)=C1. The molecule has 0 aliphatic heterocycles. The number of hydrogen-bond donors (Lipinski definition) is 0. The van der Waals surface area contributed by atoms with Gasteiger partial charge in [0.15, 0.2) is 0 Å². The Morgan fingerprint density at radius 2 is 1.17 bits per heavy atom. The first-order valence-corrected chi connectivity index (χ1v) is 6.55. The molecule has 0 aromatic rings. The first-order valence-electron chi connectivity index (χ1n) is 6.55. The summed E-state index contributed by atoms with van der Waals surface area (Å²) in [6, 6.07) is 0. The molecule has 0 heterocycles. The molecule has 18 heavy (non-hydrogen) atoms. The molecule has 0 heteroatoms. The lowest BCUT2D eigenvalue weighted by molar-refractivity contribution is 0.935. The molecular formula is C18H20. The van der Waals surface area contributed by atoms with Crippen molar-refractivity contribution in [1.82, 2.24) is 0 Å². The van der Waals surface area contributed by atoms with Gasteiger partial charge in [0.1, 0.15) is 0 Å². The van der Waals surface area contributed by atoms with Crippen LogP contribution in [0, 0.1) is 11.8 Å². The van der Waals surface area contributed by atoms with E-state index in [1.165, 1.54) is 11.1 Å². The van der Waals surface area contributed by atoms with E-state index in [1.807, 2.05) is 0 Å². The van der Waals surface area contributed by atoms with Crippen LogP contribution in [0.5, 0.6) is 0 Å². The van der Waals surface area contributed by atoms with E-state index in [1.54, 1.807) is 0 Å². The topological polar surface area (TPSA) is 0 Å². The van der Waals surface area contributed by atoms with E-state index in [-0.39, 0.29) is 0 Å². The van der Waals surface area contributed by atoms with Gasteiger partial charge in [-0.25, -0.2) is 0 Å². The van der Waals surface area contributed by atoms with E-state index in [9.17, 15) is 0 Å². The van der Waals surface area contributed by atoms with Crippen molar-refractivity contribution in [2.45, 2.75) is 13.8 Å². The van der Waals surface area contributed by atoms with Gasteiger partial charge in [-0.05, 0) is 23.0 Å². The minimum atomic E-state index is 0.499. The van der Waals surface area contributed by atoms with Crippen LogP contribution in [0.4, 0.5) is 0 Å². The number of rotatable bonds is 2. The fourth-order valence-electron chi connectivity index (χ4n) is 2.06. The fraction of sp³-hybridized carbons (Fsp3) is 0.222. The van der Waals surface area contributed by atoms with Gasteiger partial charge >= 0.3 is 0 Å². The summed E-state index contributed by atoms with van der Waals surface area (Å²) in [5.74, 6) is 0.998. The van der Waals surface area contributed by atoms with E-state index in [4.69, 9.17) is 0 Å². The van der Waals surface area contributed by atoms with Gasteiger partial charge in [-0.3, -0.25) is 0 Å². The predicted octanol–water partition coefficient (Wildman–Crippen LogP) is 4.92. The van der Waals surface area contributed by atoms with E-state index in [0.29, 0.717) is 11.8 Å². The molecule has 2 unspecified atom stereocenters. The molecule has 0 aromatic carbocycles. The lowest BCUT2D eigenvalue weighted by Crippen LogP contribution is -1.84. The molecule has 0 amide bonds. The van der Waals surface area contributed by atoms with Gasteiger partial charge in [-0.15, -0.1) is 0 Å². The zero-order chi connectivity index (χ0) is 12.8. The Labute approximate surface area is 110 Å². The summed E-state index contributed by atoms with van der Waals surface area (Å²) in [7, 11) is 0. The average Bonchev–Trinajstić information content (AvgIpc) is 2.67. The number of hydrogen-bond acceptors (Lipinski definition) is 0. The zero-order valence-electron chi connectivity index (χ0n) is 11.1. The minimum absolute atomic E-state index is 0.499. The maximum atomic E-state index is 2.28. The second kappa shape index (κ2) is 6.20. The number of allylic oxidation sites excluding steroid dienone is 14. The van der Waals surface area contributed by atoms with Crippen LogP contribution in [0.15, 0.2) is 84.1 Å². The highest BCUT2D eigenvalue weighted by Gasteiger charge is 1.98. The normalized spacial score (nSPS) is 27.0. The molecule has 0 fully saturated rings. The van der Waals surface area contributed by atoms with Crippen LogP contribution in [0.2, 0.25) is 0 Å². The van der Waals surface area contributed by atoms with Crippen LogP contribution in [-0.2, 0) is 0 Å². The summed E-state index contributed by atoms with van der Waals surface area (Å²) in [5.41, 5.74) is 2.54. The van der Waals surface area contributed by atoms with Crippen LogP contribution in [0.1, 0.15) is 13.8 Å². The molecule has 0 radical (unpaired) electrons. The maximum Gasteiger partial charge on any atom is -0.00698 e. The monoisotopic (exact) mass is 236 g/mol. The lowest BCUT2D eigenvalue weighted by Gasteiger charge is -2.00. The van der Waals surface area contributed by atoms with Crippen LogP contribution in [0.3, 0.4) is 0 Å². The van der Waals surface area contributed by atoms with Crippen LogP contribution in [-0.4, -0.2) is 0 Å². The molecule has 2 aliphatic rings. The molecule has 0 aromatic heterocycles. The van der Waals surface area contributed by atoms with Crippen LogP contribution < -0.4 is 0 Å². The van der Waals surface area contributed by atoms with Gasteiger partial charge in [-0.1, -0.05) is 86.8 Å². The Hall–Kier alpha value is -1.82. The molecule has 0 N–H and O–H groups in total. The molecule has 0 saturated carbocycles. The summed E-state index contributed by atoms with van der Waals surface area (Å²) in [6.45, 7) is 4.41. The molecule has 0 spiro atoms. The third-order valence-corrected chi connectivity index (χ3v) is 3.01. The summed E-state index contributed by atoms with van der Waals surface area (Å²) < 4.78 is 0. The molecule has 2 rings (SSSR count). The van der Waals surface area contributed by atoms with Crippen molar-refractivity contribution in [1.29, 1.82) is 0 Å². The van der Waals surface area contributed by atoms with Crippen molar-refractivity contribution in [3.8, 4) is 0 Å². The summed E-state index contributed by atoms with van der Waals surface area (Å²) in [6.07, 6.45) is 26.1.